The minimum absolute atomic E-state index is 0.0553. The Kier molecular flexibility index (Phi) is 4.84. The van der Waals surface area contributed by atoms with Gasteiger partial charge in [0.2, 0.25) is 0 Å². The van der Waals surface area contributed by atoms with E-state index in [-0.39, 0.29) is 5.60 Å². The van der Waals surface area contributed by atoms with Crippen LogP contribution in [0.15, 0.2) is 22.8 Å². The summed E-state index contributed by atoms with van der Waals surface area (Å²) in [6, 6.07) is 4.34. The van der Waals surface area contributed by atoms with Crippen molar-refractivity contribution in [3.05, 3.63) is 24.2 Å². The summed E-state index contributed by atoms with van der Waals surface area (Å²) in [4.78, 5) is 0. The van der Waals surface area contributed by atoms with Gasteiger partial charge in [0, 0.05) is 19.1 Å². The number of furan rings is 1. The molecule has 0 aliphatic carbocycles. The summed E-state index contributed by atoms with van der Waals surface area (Å²) in [6.45, 7) is 6.35. The normalized spacial score (nSPS) is 26.1. The van der Waals surface area contributed by atoms with E-state index in [1.807, 2.05) is 12.1 Å². The van der Waals surface area contributed by atoms with Gasteiger partial charge in [0.1, 0.15) is 5.76 Å². The second-order valence-corrected chi connectivity index (χ2v) is 5.41. The average molecular weight is 251 g/mol. The molecule has 1 N–H and O–H groups in total. The van der Waals surface area contributed by atoms with Gasteiger partial charge in [-0.2, -0.15) is 0 Å². The maximum atomic E-state index is 6.07. The van der Waals surface area contributed by atoms with Crippen molar-refractivity contribution in [3.8, 4) is 0 Å². The summed E-state index contributed by atoms with van der Waals surface area (Å²) >= 11 is 0. The molecule has 102 valence electrons. The van der Waals surface area contributed by atoms with Crippen molar-refractivity contribution in [1.82, 2.24) is 5.32 Å². The van der Waals surface area contributed by atoms with Gasteiger partial charge in [-0.25, -0.2) is 0 Å². The lowest BCUT2D eigenvalue weighted by atomic mass is 9.85. The number of hydrogen-bond acceptors (Lipinski definition) is 3. The van der Waals surface area contributed by atoms with E-state index in [9.17, 15) is 0 Å². The largest absolute Gasteiger partial charge is 0.469 e. The Labute approximate surface area is 110 Å². The van der Waals surface area contributed by atoms with E-state index in [2.05, 4.69) is 19.2 Å². The highest BCUT2D eigenvalue weighted by atomic mass is 16.5. The smallest absolute Gasteiger partial charge is 0.105 e. The third-order valence-corrected chi connectivity index (χ3v) is 3.86. The van der Waals surface area contributed by atoms with E-state index in [4.69, 9.17) is 9.15 Å². The molecule has 3 nitrogen and oxygen atoms in total. The Morgan fingerprint density at radius 3 is 2.94 bits per heavy atom. The van der Waals surface area contributed by atoms with Crippen molar-refractivity contribution in [3.63, 3.8) is 0 Å². The molecule has 0 spiro atoms. The molecular weight excluding hydrogens is 226 g/mol. The van der Waals surface area contributed by atoms with Crippen LogP contribution in [0, 0.1) is 0 Å². The fourth-order valence-corrected chi connectivity index (χ4v) is 2.68. The summed E-state index contributed by atoms with van der Waals surface area (Å²) in [5.74, 6) is 1.04. The van der Waals surface area contributed by atoms with Crippen LogP contribution in [-0.4, -0.2) is 24.8 Å². The monoisotopic (exact) mass is 251 g/mol. The molecule has 0 saturated carbocycles. The Balaban J connectivity index is 2.03. The molecule has 3 heteroatoms. The topological polar surface area (TPSA) is 34.4 Å². The summed E-state index contributed by atoms with van der Waals surface area (Å²) in [7, 11) is 0. The first-order valence-electron chi connectivity index (χ1n) is 7.14. The zero-order chi connectivity index (χ0) is 12.8. The molecule has 2 atom stereocenters. The Morgan fingerprint density at radius 1 is 1.44 bits per heavy atom. The quantitative estimate of drug-likeness (QED) is 0.843. The first-order valence-corrected chi connectivity index (χ1v) is 7.14. The predicted octanol–water partition coefficient (Wildman–Crippen LogP) is 3.15. The van der Waals surface area contributed by atoms with Crippen LogP contribution in [0.25, 0.3) is 0 Å². The second-order valence-electron chi connectivity index (χ2n) is 5.41. The first-order chi connectivity index (χ1) is 8.74. The molecule has 1 saturated heterocycles. The van der Waals surface area contributed by atoms with Gasteiger partial charge in [-0.15, -0.1) is 0 Å². The Hall–Kier alpha value is -0.800. The minimum atomic E-state index is -0.0553. The molecule has 1 aliphatic rings. The van der Waals surface area contributed by atoms with Crippen molar-refractivity contribution < 1.29 is 9.15 Å². The van der Waals surface area contributed by atoms with Gasteiger partial charge in [0.25, 0.3) is 0 Å². The molecule has 0 amide bonds. The van der Waals surface area contributed by atoms with Crippen molar-refractivity contribution >= 4 is 0 Å². The van der Waals surface area contributed by atoms with E-state index >= 15 is 0 Å². The van der Waals surface area contributed by atoms with Crippen LogP contribution in [0.5, 0.6) is 0 Å². The average Bonchev–Trinajstić information content (AvgIpc) is 2.88. The summed E-state index contributed by atoms with van der Waals surface area (Å²) in [6.07, 6.45) is 7.38. The molecule has 0 radical (unpaired) electrons. The Bertz CT molecular complexity index is 328. The lowest BCUT2D eigenvalue weighted by molar-refractivity contribution is -0.0890. The first kappa shape index (κ1) is 13.6. The molecule has 2 rings (SSSR count). The lowest BCUT2D eigenvalue weighted by Crippen LogP contribution is -2.53. The second kappa shape index (κ2) is 6.39. The van der Waals surface area contributed by atoms with Gasteiger partial charge in [-0.05, 0) is 51.3 Å². The maximum absolute atomic E-state index is 6.07. The SMILES string of the molecule is CCCNC(Cc1ccco1)C1(C)CCCCO1. The van der Waals surface area contributed by atoms with Crippen molar-refractivity contribution in [2.75, 3.05) is 13.2 Å². The molecule has 2 heterocycles. The van der Waals surface area contributed by atoms with Crippen LogP contribution in [0.2, 0.25) is 0 Å². The van der Waals surface area contributed by atoms with Gasteiger partial charge >= 0.3 is 0 Å². The molecule has 1 aromatic heterocycles. The van der Waals surface area contributed by atoms with E-state index in [1.165, 1.54) is 12.8 Å². The van der Waals surface area contributed by atoms with E-state index < -0.39 is 0 Å². The van der Waals surface area contributed by atoms with Crippen molar-refractivity contribution in [2.45, 2.75) is 57.6 Å². The van der Waals surface area contributed by atoms with Crippen LogP contribution in [0.4, 0.5) is 0 Å². The number of ether oxygens (including phenoxy) is 1. The highest BCUT2D eigenvalue weighted by Crippen LogP contribution is 2.29. The maximum Gasteiger partial charge on any atom is 0.105 e. The zero-order valence-electron chi connectivity index (χ0n) is 11.6. The third kappa shape index (κ3) is 3.36. The Morgan fingerprint density at radius 2 is 2.33 bits per heavy atom. The molecule has 1 aromatic rings. The third-order valence-electron chi connectivity index (χ3n) is 3.86. The molecule has 0 bridgehead atoms. The number of hydrogen-bond donors (Lipinski definition) is 1. The van der Waals surface area contributed by atoms with Crippen LogP contribution in [-0.2, 0) is 11.2 Å². The van der Waals surface area contributed by atoms with Gasteiger partial charge < -0.3 is 14.5 Å². The van der Waals surface area contributed by atoms with Crippen molar-refractivity contribution in [2.24, 2.45) is 0 Å². The van der Waals surface area contributed by atoms with Crippen LogP contribution < -0.4 is 5.32 Å². The van der Waals surface area contributed by atoms with E-state index in [1.54, 1.807) is 6.26 Å². The predicted molar refractivity (Wildman–Crippen MR) is 72.7 cm³/mol. The highest BCUT2D eigenvalue weighted by molar-refractivity contribution is 5.04. The van der Waals surface area contributed by atoms with Crippen LogP contribution >= 0.6 is 0 Å². The lowest BCUT2D eigenvalue weighted by Gasteiger charge is -2.41. The van der Waals surface area contributed by atoms with Crippen molar-refractivity contribution in [1.29, 1.82) is 0 Å². The van der Waals surface area contributed by atoms with Crippen LogP contribution in [0.1, 0.15) is 45.3 Å². The molecule has 18 heavy (non-hydrogen) atoms. The van der Waals surface area contributed by atoms with Crippen LogP contribution in [0.3, 0.4) is 0 Å². The number of rotatable bonds is 6. The summed E-state index contributed by atoms with van der Waals surface area (Å²) in [5, 5.41) is 3.63. The molecule has 1 aliphatic heterocycles. The number of nitrogens with one attached hydrogen (secondary N) is 1. The minimum Gasteiger partial charge on any atom is -0.469 e. The highest BCUT2D eigenvalue weighted by Gasteiger charge is 2.36. The zero-order valence-corrected chi connectivity index (χ0v) is 11.6. The van der Waals surface area contributed by atoms with Gasteiger partial charge in [-0.3, -0.25) is 0 Å². The molecule has 2 unspecified atom stereocenters. The van der Waals surface area contributed by atoms with E-state index in [0.29, 0.717) is 6.04 Å². The summed E-state index contributed by atoms with van der Waals surface area (Å²) < 4.78 is 11.6. The molecular formula is C15H25NO2. The molecule has 1 fully saturated rings. The van der Waals surface area contributed by atoms with Gasteiger partial charge in [0.15, 0.2) is 0 Å². The fraction of sp³-hybridized carbons (Fsp3) is 0.733. The van der Waals surface area contributed by atoms with E-state index in [0.717, 1.165) is 38.2 Å². The van der Waals surface area contributed by atoms with Gasteiger partial charge in [0.05, 0.1) is 11.9 Å². The van der Waals surface area contributed by atoms with Gasteiger partial charge in [-0.1, -0.05) is 6.92 Å². The fourth-order valence-electron chi connectivity index (χ4n) is 2.68. The summed E-state index contributed by atoms with van der Waals surface area (Å²) in [5.41, 5.74) is -0.0553. The molecule has 0 aromatic carbocycles. The standard InChI is InChI=1S/C15H25NO2/c1-3-9-16-14(12-13-7-6-10-17-13)15(2)8-4-5-11-18-15/h6-7,10,14,16H,3-5,8-9,11-12H2,1-2H3.